The molecule has 1 unspecified atom stereocenters. The molecule has 1 saturated heterocycles. The van der Waals surface area contributed by atoms with Crippen LogP contribution in [0.25, 0.3) is 0 Å². The minimum Gasteiger partial charge on any atom is -0.454 e. The summed E-state index contributed by atoms with van der Waals surface area (Å²) in [7, 11) is 0. The molecule has 1 aromatic heterocycles. The van der Waals surface area contributed by atoms with Crippen LogP contribution in [0.3, 0.4) is 0 Å². The summed E-state index contributed by atoms with van der Waals surface area (Å²) in [6, 6.07) is 5.61. The number of piperidine rings is 1. The van der Waals surface area contributed by atoms with E-state index in [0.29, 0.717) is 40.5 Å². The van der Waals surface area contributed by atoms with Crippen LogP contribution < -0.4 is 20.1 Å². The van der Waals surface area contributed by atoms with Gasteiger partial charge in [0.2, 0.25) is 6.79 Å². The SMILES string of the molecule is CC1CCCCN1CCCNC(=O)c1csc(NC(=O)c2ccc3c(c2)OCO3)n1. The number of ether oxygens (including phenoxy) is 2. The highest BCUT2D eigenvalue weighted by Gasteiger charge is 2.19. The second-order valence-corrected chi connectivity index (χ2v) is 8.41. The maximum atomic E-state index is 12.4. The normalized spacial score (nSPS) is 18.2. The van der Waals surface area contributed by atoms with Crippen molar-refractivity contribution in [3.63, 3.8) is 0 Å². The van der Waals surface area contributed by atoms with Gasteiger partial charge < -0.3 is 19.7 Å². The van der Waals surface area contributed by atoms with Gasteiger partial charge in [0, 0.05) is 30.1 Å². The van der Waals surface area contributed by atoms with Gasteiger partial charge in [0.15, 0.2) is 16.6 Å². The lowest BCUT2D eigenvalue weighted by molar-refractivity contribution is 0.0943. The Balaban J connectivity index is 1.24. The first-order valence-electron chi connectivity index (χ1n) is 10.3. The third-order valence-corrected chi connectivity index (χ3v) is 6.20. The molecular weight excluding hydrogens is 404 g/mol. The molecule has 2 amide bonds. The number of aromatic nitrogens is 1. The summed E-state index contributed by atoms with van der Waals surface area (Å²) in [6.07, 6.45) is 4.74. The van der Waals surface area contributed by atoms with Crippen LogP contribution in [-0.4, -0.2) is 54.2 Å². The van der Waals surface area contributed by atoms with E-state index in [4.69, 9.17) is 9.47 Å². The predicted octanol–water partition coefficient (Wildman–Crippen LogP) is 3.12. The number of carbonyl (C=O) groups is 2. The van der Waals surface area contributed by atoms with Gasteiger partial charge in [0.1, 0.15) is 5.69 Å². The van der Waals surface area contributed by atoms with Crippen LogP contribution in [0.15, 0.2) is 23.6 Å². The second kappa shape index (κ2) is 9.44. The molecule has 1 atom stereocenters. The molecule has 4 rings (SSSR count). The molecule has 2 N–H and O–H groups in total. The van der Waals surface area contributed by atoms with Crippen LogP contribution in [0.5, 0.6) is 11.5 Å². The van der Waals surface area contributed by atoms with Gasteiger partial charge in [0.25, 0.3) is 11.8 Å². The fourth-order valence-electron chi connectivity index (χ4n) is 3.71. The van der Waals surface area contributed by atoms with E-state index in [0.717, 1.165) is 19.5 Å². The molecule has 160 valence electrons. The topological polar surface area (TPSA) is 92.8 Å². The van der Waals surface area contributed by atoms with E-state index in [1.165, 1.54) is 30.6 Å². The van der Waals surface area contributed by atoms with Crippen molar-refractivity contribution in [2.75, 3.05) is 31.7 Å². The number of rotatable bonds is 7. The lowest BCUT2D eigenvalue weighted by Crippen LogP contribution is -2.39. The van der Waals surface area contributed by atoms with E-state index >= 15 is 0 Å². The summed E-state index contributed by atoms with van der Waals surface area (Å²) in [5.74, 6) is 0.627. The minimum atomic E-state index is -0.315. The van der Waals surface area contributed by atoms with Crippen molar-refractivity contribution in [2.24, 2.45) is 0 Å². The van der Waals surface area contributed by atoms with Crippen molar-refractivity contribution in [3.05, 3.63) is 34.8 Å². The van der Waals surface area contributed by atoms with Crippen molar-refractivity contribution >= 4 is 28.3 Å². The molecule has 30 heavy (non-hydrogen) atoms. The number of amides is 2. The molecule has 1 fully saturated rings. The van der Waals surface area contributed by atoms with Gasteiger partial charge in [-0.05, 0) is 50.9 Å². The average Bonchev–Trinajstić information content (AvgIpc) is 3.41. The number of hydrogen-bond acceptors (Lipinski definition) is 7. The number of nitrogens with one attached hydrogen (secondary N) is 2. The molecule has 8 nitrogen and oxygen atoms in total. The summed E-state index contributed by atoms with van der Waals surface area (Å²) in [6.45, 7) is 5.18. The van der Waals surface area contributed by atoms with E-state index in [2.05, 4.69) is 27.4 Å². The Morgan fingerprint density at radius 1 is 1.23 bits per heavy atom. The van der Waals surface area contributed by atoms with Gasteiger partial charge in [-0.25, -0.2) is 4.98 Å². The van der Waals surface area contributed by atoms with Gasteiger partial charge in [-0.15, -0.1) is 11.3 Å². The van der Waals surface area contributed by atoms with E-state index in [-0.39, 0.29) is 18.6 Å². The van der Waals surface area contributed by atoms with Gasteiger partial charge in [-0.3, -0.25) is 14.9 Å². The Hall–Kier alpha value is -2.65. The van der Waals surface area contributed by atoms with Crippen LogP contribution in [0.4, 0.5) is 5.13 Å². The number of hydrogen-bond donors (Lipinski definition) is 2. The Morgan fingerprint density at radius 2 is 2.10 bits per heavy atom. The lowest BCUT2D eigenvalue weighted by atomic mass is 10.0. The van der Waals surface area contributed by atoms with E-state index < -0.39 is 0 Å². The third kappa shape index (κ3) is 4.91. The number of likely N-dealkylation sites (tertiary alicyclic amines) is 1. The monoisotopic (exact) mass is 430 g/mol. The molecule has 0 radical (unpaired) electrons. The van der Waals surface area contributed by atoms with Crippen LogP contribution in [0.2, 0.25) is 0 Å². The molecule has 0 saturated carbocycles. The molecule has 1 aromatic carbocycles. The smallest absolute Gasteiger partial charge is 0.270 e. The van der Waals surface area contributed by atoms with E-state index in [9.17, 15) is 9.59 Å². The first-order chi connectivity index (χ1) is 14.6. The zero-order valence-electron chi connectivity index (χ0n) is 17.0. The van der Waals surface area contributed by atoms with Gasteiger partial charge in [-0.2, -0.15) is 0 Å². The highest BCUT2D eigenvalue weighted by atomic mass is 32.1. The first-order valence-corrected chi connectivity index (χ1v) is 11.2. The summed E-state index contributed by atoms with van der Waals surface area (Å²) in [5.41, 5.74) is 0.750. The Morgan fingerprint density at radius 3 is 2.97 bits per heavy atom. The maximum Gasteiger partial charge on any atom is 0.270 e. The zero-order chi connectivity index (χ0) is 20.9. The fraction of sp³-hybridized carbons (Fsp3) is 0.476. The van der Waals surface area contributed by atoms with Crippen molar-refractivity contribution in [1.29, 1.82) is 0 Å². The molecular formula is C21H26N4O4S. The highest BCUT2D eigenvalue weighted by molar-refractivity contribution is 7.14. The number of carbonyl (C=O) groups excluding carboxylic acids is 2. The van der Waals surface area contributed by atoms with Crippen molar-refractivity contribution in [1.82, 2.24) is 15.2 Å². The molecule has 9 heteroatoms. The van der Waals surface area contributed by atoms with Gasteiger partial charge in [-0.1, -0.05) is 6.42 Å². The number of nitrogens with zero attached hydrogens (tertiary/aromatic N) is 2. The first kappa shape index (κ1) is 20.6. The Kier molecular flexibility index (Phi) is 6.49. The van der Waals surface area contributed by atoms with Crippen molar-refractivity contribution in [3.8, 4) is 11.5 Å². The second-order valence-electron chi connectivity index (χ2n) is 7.55. The minimum absolute atomic E-state index is 0.155. The summed E-state index contributed by atoms with van der Waals surface area (Å²) < 4.78 is 10.5. The molecule has 0 aliphatic carbocycles. The number of fused-ring (bicyclic) bond motifs is 1. The van der Waals surface area contributed by atoms with Crippen molar-refractivity contribution in [2.45, 2.75) is 38.6 Å². The van der Waals surface area contributed by atoms with Crippen LogP contribution in [0.1, 0.15) is 53.5 Å². The lowest BCUT2D eigenvalue weighted by Gasteiger charge is -2.33. The zero-order valence-corrected chi connectivity index (χ0v) is 17.8. The quantitative estimate of drug-likeness (QED) is 0.656. The number of thiazole rings is 1. The summed E-state index contributed by atoms with van der Waals surface area (Å²) >= 11 is 1.22. The Bertz CT molecular complexity index is 916. The summed E-state index contributed by atoms with van der Waals surface area (Å²) in [5, 5.41) is 7.67. The van der Waals surface area contributed by atoms with E-state index in [1.807, 2.05) is 0 Å². The molecule has 3 heterocycles. The molecule has 2 aliphatic rings. The number of anilines is 1. The van der Waals surface area contributed by atoms with Crippen LogP contribution in [0, 0.1) is 0 Å². The van der Waals surface area contributed by atoms with Crippen LogP contribution in [-0.2, 0) is 0 Å². The molecule has 0 bridgehead atoms. The van der Waals surface area contributed by atoms with E-state index in [1.54, 1.807) is 23.6 Å². The van der Waals surface area contributed by atoms with Crippen LogP contribution >= 0.6 is 11.3 Å². The predicted molar refractivity (Wildman–Crippen MR) is 114 cm³/mol. The average molecular weight is 431 g/mol. The third-order valence-electron chi connectivity index (χ3n) is 5.44. The van der Waals surface area contributed by atoms with Gasteiger partial charge >= 0.3 is 0 Å². The van der Waals surface area contributed by atoms with Gasteiger partial charge in [0.05, 0.1) is 0 Å². The molecule has 2 aromatic rings. The number of benzene rings is 1. The Labute approximate surface area is 179 Å². The fourth-order valence-corrected chi connectivity index (χ4v) is 4.39. The highest BCUT2D eigenvalue weighted by Crippen LogP contribution is 2.32. The largest absolute Gasteiger partial charge is 0.454 e. The maximum absolute atomic E-state index is 12.4. The summed E-state index contributed by atoms with van der Waals surface area (Å²) in [4.78, 5) is 31.5. The standard InChI is InChI=1S/C21H26N4O4S/c1-14-5-2-3-9-25(14)10-4-8-22-20(27)16-12-30-21(23-16)24-19(26)15-6-7-17-18(11-15)29-13-28-17/h6-7,11-12,14H,2-5,8-10,13H2,1H3,(H,22,27)(H,23,24,26). The van der Waals surface area contributed by atoms with Crippen molar-refractivity contribution < 1.29 is 19.1 Å². The molecule has 2 aliphatic heterocycles. The molecule has 0 spiro atoms.